The van der Waals surface area contributed by atoms with Gasteiger partial charge in [0.2, 0.25) is 0 Å². The molecule has 0 atom stereocenters. The molecular formula is C19H26N2S2. The van der Waals surface area contributed by atoms with Gasteiger partial charge in [0, 0.05) is 21.2 Å². The molecule has 124 valence electrons. The third-order valence-electron chi connectivity index (χ3n) is 3.59. The first-order chi connectivity index (χ1) is 11.2. The highest BCUT2D eigenvalue weighted by Crippen LogP contribution is 2.22. The van der Waals surface area contributed by atoms with Crippen molar-refractivity contribution in [2.24, 2.45) is 0 Å². The zero-order chi connectivity index (χ0) is 16.3. The molecule has 4 N–H and O–H groups in total. The van der Waals surface area contributed by atoms with Crippen LogP contribution >= 0.6 is 23.5 Å². The first-order valence-electron chi connectivity index (χ1n) is 8.21. The number of hydrogen-bond donors (Lipinski definition) is 2. The van der Waals surface area contributed by atoms with Crippen molar-refractivity contribution in [1.82, 2.24) is 0 Å². The zero-order valence-corrected chi connectivity index (χ0v) is 15.2. The van der Waals surface area contributed by atoms with Crippen molar-refractivity contribution < 1.29 is 0 Å². The quantitative estimate of drug-likeness (QED) is 0.330. The Morgan fingerprint density at radius 2 is 0.870 bits per heavy atom. The topological polar surface area (TPSA) is 52.0 Å². The van der Waals surface area contributed by atoms with Crippen LogP contribution in [-0.4, -0.2) is 11.5 Å². The molecule has 2 nitrogen and oxygen atoms in total. The zero-order valence-electron chi connectivity index (χ0n) is 13.5. The van der Waals surface area contributed by atoms with Crippen LogP contribution < -0.4 is 11.5 Å². The summed E-state index contributed by atoms with van der Waals surface area (Å²) in [5.74, 6) is 2.40. The summed E-state index contributed by atoms with van der Waals surface area (Å²) in [5.41, 5.74) is 13.1. The number of thioether (sulfide) groups is 2. The Morgan fingerprint density at radius 1 is 0.522 bits per heavy atom. The highest BCUT2D eigenvalue weighted by molar-refractivity contribution is 7.99. The molecule has 0 aliphatic heterocycles. The van der Waals surface area contributed by atoms with Crippen molar-refractivity contribution in [1.29, 1.82) is 0 Å². The van der Waals surface area contributed by atoms with Crippen molar-refractivity contribution in [3.8, 4) is 0 Å². The van der Waals surface area contributed by atoms with Gasteiger partial charge in [0.1, 0.15) is 0 Å². The summed E-state index contributed by atoms with van der Waals surface area (Å²) < 4.78 is 0. The Morgan fingerprint density at radius 3 is 1.26 bits per heavy atom. The van der Waals surface area contributed by atoms with Crippen LogP contribution in [0, 0.1) is 0 Å². The van der Waals surface area contributed by atoms with Gasteiger partial charge in [0.05, 0.1) is 0 Å². The number of nitrogens with two attached hydrogens (primary N) is 2. The van der Waals surface area contributed by atoms with E-state index in [-0.39, 0.29) is 0 Å². The number of rotatable bonds is 10. The Bertz CT molecular complexity index is 501. The second-order valence-electron chi connectivity index (χ2n) is 5.60. The van der Waals surface area contributed by atoms with Crippen LogP contribution in [0.25, 0.3) is 0 Å². The second-order valence-corrected chi connectivity index (χ2v) is 7.94. The summed E-state index contributed by atoms with van der Waals surface area (Å²) in [6, 6.07) is 16.3. The summed E-state index contributed by atoms with van der Waals surface area (Å²) in [4.78, 5) is 2.64. The smallest absolute Gasteiger partial charge is 0.0314 e. The molecule has 0 aliphatic carbocycles. The van der Waals surface area contributed by atoms with Crippen LogP contribution in [0.3, 0.4) is 0 Å². The fourth-order valence-corrected chi connectivity index (χ4v) is 4.07. The van der Waals surface area contributed by atoms with Crippen molar-refractivity contribution in [2.45, 2.75) is 41.9 Å². The molecule has 4 heteroatoms. The SMILES string of the molecule is Nc1ccc(SCCCCCCCSc2ccc(N)cc2)cc1. The van der Waals surface area contributed by atoms with Gasteiger partial charge in [-0.15, -0.1) is 23.5 Å². The monoisotopic (exact) mass is 346 g/mol. The molecule has 23 heavy (non-hydrogen) atoms. The molecule has 0 saturated carbocycles. The van der Waals surface area contributed by atoms with Gasteiger partial charge in [0.15, 0.2) is 0 Å². The first-order valence-corrected chi connectivity index (χ1v) is 10.2. The fraction of sp³-hybridized carbons (Fsp3) is 0.368. The van der Waals surface area contributed by atoms with Gasteiger partial charge < -0.3 is 11.5 Å². The number of hydrogen-bond acceptors (Lipinski definition) is 4. The van der Waals surface area contributed by atoms with E-state index in [0.29, 0.717) is 0 Å². The maximum atomic E-state index is 5.69. The summed E-state index contributed by atoms with van der Waals surface area (Å²) in [7, 11) is 0. The minimum Gasteiger partial charge on any atom is -0.399 e. The second kappa shape index (κ2) is 10.5. The molecule has 2 rings (SSSR count). The van der Waals surface area contributed by atoms with Crippen molar-refractivity contribution in [3.05, 3.63) is 48.5 Å². The average molecular weight is 347 g/mol. The van der Waals surface area contributed by atoms with Gasteiger partial charge in [-0.1, -0.05) is 19.3 Å². The van der Waals surface area contributed by atoms with Gasteiger partial charge in [-0.05, 0) is 72.9 Å². The molecule has 0 spiro atoms. The lowest BCUT2D eigenvalue weighted by molar-refractivity contribution is 0.662. The molecule has 0 bridgehead atoms. The molecular weight excluding hydrogens is 320 g/mol. The molecule has 0 saturated heterocycles. The first kappa shape index (κ1) is 18.1. The van der Waals surface area contributed by atoms with E-state index in [1.54, 1.807) is 0 Å². The molecule has 2 aromatic carbocycles. The third-order valence-corrected chi connectivity index (χ3v) is 5.78. The summed E-state index contributed by atoms with van der Waals surface area (Å²) in [6.45, 7) is 0. The van der Waals surface area contributed by atoms with Gasteiger partial charge >= 0.3 is 0 Å². The highest BCUT2D eigenvalue weighted by atomic mass is 32.2. The van der Waals surface area contributed by atoms with Crippen LogP contribution in [0.15, 0.2) is 58.3 Å². The van der Waals surface area contributed by atoms with Crippen molar-refractivity contribution in [3.63, 3.8) is 0 Å². The normalized spacial score (nSPS) is 10.8. The van der Waals surface area contributed by atoms with E-state index < -0.39 is 0 Å². The lowest BCUT2D eigenvalue weighted by Gasteiger charge is -2.04. The van der Waals surface area contributed by atoms with E-state index in [0.717, 1.165) is 11.4 Å². The van der Waals surface area contributed by atoms with E-state index in [4.69, 9.17) is 11.5 Å². The fourth-order valence-electron chi connectivity index (χ4n) is 2.24. The van der Waals surface area contributed by atoms with Gasteiger partial charge in [-0.2, -0.15) is 0 Å². The van der Waals surface area contributed by atoms with Crippen molar-refractivity contribution >= 4 is 34.9 Å². The summed E-state index contributed by atoms with van der Waals surface area (Å²) >= 11 is 3.85. The molecule has 0 aliphatic rings. The predicted octanol–water partition coefficient (Wildman–Crippen LogP) is 5.69. The van der Waals surface area contributed by atoms with Gasteiger partial charge in [-0.25, -0.2) is 0 Å². The molecule has 0 aromatic heterocycles. The summed E-state index contributed by atoms with van der Waals surface area (Å²) in [6.07, 6.45) is 6.58. The molecule has 2 aromatic rings. The van der Waals surface area contributed by atoms with Crippen LogP contribution in [-0.2, 0) is 0 Å². The Hall–Kier alpha value is -1.26. The molecule has 0 radical (unpaired) electrons. The Labute approximate surface area is 148 Å². The van der Waals surface area contributed by atoms with Crippen LogP contribution in [0.2, 0.25) is 0 Å². The lowest BCUT2D eigenvalue weighted by atomic mass is 10.2. The van der Waals surface area contributed by atoms with E-state index in [2.05, 4.69) is 24.3 Å². The van der Waals surface area contributed by atoms with E-state index in [1.165, 1.54) is 53.4 Å². The largest absolute Gasteiger partial charge is 0.399 e. The Balaban J connectivity index is 1.43. The summed E-state index contributed by atoms with van der Waals surface area (Å²) in [5, 5.41) is 0. The third kappa shape index (κ3) is 7.71. The molecule has 0 fully saturated rings. The molecule has 0 heterocycles. The van der Waals surface area contributed by atoms with E-state index in [1.807, 2.05) is 47.8 Å². The standard InChI is InChI=1S/C19H26N2S2/c20-16-6-10-18(11-7-16)22-14-4-2-1-3-5-15-23-19-12-8-17(21)9-13-19/h6-13H,1-5,14-15,20-21H2. The van der Waals surface area contributed by atoms with Gasteiger partial charge in [0.25, 0.3) is 0 Å². The number of anilines is 2. The minimum atomic E-state index is 0.839. The number of nitrogen functional groups attached to an aromatic ring is 2. The minimum absolute atomic E-state index is 0.839. The number of benzene rings is 2. The van der Waals surface area contributed by atoms with Gasteiger partial charge in [-0.3, -0.25) is 0 Å². The predicted molar refractivity (Wildman–Crippen MR) is 106 cm³/mol. The average Bonchev–Trinajstić information content (AvgIpc) is 2.56. The Kier molecular flexibility index (Phi) is 8.26. The maximum Gasteiger partial charge on any atom is 0.0314 e. The van der Waals surface area contributed by atoms with Crippen LogP contribution in [0.5, 0.6) is 0 Å². The highest BCUT2D eigenvalue weighted by Gasteiger charge is 1.97. The van der Waals surface area contributed by atoms with Crippen LogP contribution in [0.4, 0.5) is 11.4 Å². The molecule has 0 unspecified atom stereocenters. The number of unbranched alkanes of at least 4 members (excludes halogenated alkanes) is 4. The molecule has 0 amide bonds. The maximum absolute atomic E-state index is 5.69. The lowest BCUT2D eigenvalue weighted by Crippen LogP contribution is -1.86. The van der Waals surface area contributed by atoms with E-state index in [9.17, 15) is 0 Å². The van der Waals surface area contributed by atoms with E-state index >= 15 is 0 Å². The van der Waals surface area contributed by atoms with Crippen molar-refractivity contribution in [2.75, 3.05) is 23.0 Å². The van der Waals surface area contributed by atoms with Crippen LogP contribution in [0.1, 0.15) is 32.1 Å².